The predicted molar refractivity (Wildman–Crippen MR) is 112 cm³/mol. The molecule has 1 aliphatic heterocycles. The van der Waals surface area contributed by atoms with Gasteiger partial charge in [-0.1, -0.05) is 24.3 Å². The number of anilines is 1. The maximum Gasteiger partial charge on any atom is 0.235 e. The van der Waals surface area contributed by atoms with Crippen LogP contribution in [0.3, 0.4) is 0 Å². The van der Waals surface area contributed by atoms with Gasteiger partial charge in [0.05, 0.1) is 34.4 Å². The van der Waals surface area contributed by atoms with Crippen LogP contribution in [0.4, 0.5) is 5.69 Å². The summed E-state index contributed by atoms with van der Waals surface area (Å²) in [4.78, 5) is 11.4. The lowest BCUT2D eigenvalue weighted by molar-refractivity contribution is 0.250. The minimum Gasteiger partial charge on any atom is -0.294 e. The number of para-hydroxylation sites is 2. The lowest BCUT2D eigenvalue weighted by Gasteiger charge is -2.25. The Bertz CT molecular complexity index is 1080. The third-order valence-corrected chi connectivity index (χ3v) is 7.20. The number of fused-ring (bicyclic) bond motifs is 1. The summed E-state index contributed by atoms with van der Waals surface area (Å²) in [5.41, 5.74) is 4.60. The number of sulfonamides is 1. The molecule has 2 aromatic carbocycles. The minimum atomic E-state index is -3.14. The standard InChI is InChI=1S/C21H24N4O2S/c1-16(17-8-10-19(11-9-17)25-12-5-13-28(25,26)27)24(2)15-18-14-22-20-6-3-4-7-21(20)23-18/h3-4,6-11,14,16H,5,12-13,15H2,1-2H3. The topological polar surface area (TPSA) is 66.4 Å². The molecule has 0 amide bonds. The van der Waals surface area contributed by atoms with Crippen LogP contribution in [0.2, 0.25) is 0 Å². The first-order valence-electron chi connectivity index (χ1n) is 9.45. The molecule has 0 saturated carbocycles. The zero-order valence-electron chi connectivity index (χ0n) is 16.1. The van der Waals surface area contributed by atoms with Crippen molar-refractivity contribution < 1.29 is 8.42 Å². The van der Waals surface area contributed by atoms with Gasteiger partial charge in [0, 0.05) is 19.1 Å². The van der Waals surface area contributed by atoms with Gasteiger partial charge in [0.15, 0.2) is 0 Å². The fourth-order valence-corrected chi connectivity index (χ4v) is 5.13. The zero-order chi connectivity index (χ0) is 19.7. The summed E-state index contributed by atoms with van der Waals surface area (Å²) < 4.78 is 25.7. The van der Waals surface area contributed by atoms with Crippen LogP contribution in [0, 0.1) is 0 Å². The number of nitrogens with zero attached hydrogens (tertiary/aromatic N) is 4. The van der Waals surface area contributed by atoms with Gasteiger partial charge in [0.25, 0.3) is 0 Å². The van der Waals surface area contributed by atoms with Gasteiger partial charge >= 0.3 is 0 Å². The second-order valence-electron chi connectivity index (χ2n) is 7.27. The molecule has 1 fully saturated rings. The van der Waals surface area contributed by atoms with E-state index in [9.17, 15) is 8.42 Å². The summed E-state index contributed by atoms with van der Waals surface area (Å²) in [5.74, 6) is 0.237. The average molecular weight is 397 g/mol. The Morgan fingerprint density at radius 1 is 1.11 bits per heavy atom. The normalized spacial score (nSPS) is 17.3. The monoisotopic (exact) mass is 396 g/mol. The quantitative estimate of drug-likeness (QED) is 0.662. The molecule has 1 saturated heterocycles. The number of rotatable bonds is 5. The van der Waals surface area contributed by atoms with Crippen molar-refractivity contribution in [3.05, 3.63) is 66.0 Å². The SMILES string of the molecule is CC(c1ccc(N2CCCS2(=O)=O)cc1)N(C)Cc1cnc2ccccc2n1. The lowest BCUT2D eigenvalue weighted by atomic mass is 10.1. The van der Waals surface area contributed by atoms with Crippen molar-refractivity contribution in [3.8, 4) is 0 Å². The van der Waals surface area contributed by atoms with Crippen LogP contribution in [-0.4, -0.2) is 42.6 Å². The van der Waals surface area contributed by atoms with E-state index >= 15 is 0 Å². The first-order chi connectivity index (χ1) is 13.4. The molecule has 0 spiro atoms. The van der Waals surface area contributed by atoms with Crippen LogP contribution in [-0.2, 0) is 16.6 Å². The molecule has 0 bridgehead atoms. The molecular formula is C21H24N4O2S. The maximum absolute atomic E-state index is 12.1. The summed E-state index contributed by atoms with van der Waals surface area (Å²) in [6.45, 7) is 3.38. The van der Waals surface area contributed by atoms with E-state index in [1.165, 1.54) is 4.31 Å². The molecule has 2 heterocycles. The molecular weight excluding hydrogens is 372 g/mol. The summed E-state index contributed by atoms with van der Waals surface area (Å²) in [6.07, 6.45) is 2.52. The molecule has 1 unspecified atom stereocenters. The van der Waals surface area contributed by atoms with Crippen LogP contribution in [0.25, 0.3) is 11.0 Å². The minimum absolute atomic E-state index is 0.164. The molecule has 0 radical (unpaired) electrons. The van der Waals surface area contributed by atoms with Crippen molar-refractivity contribution in [3.63, 3.8) is 0 Å². The predicted octanol–water partition coefficient (Wildman–Crippen LogP) is 3.36. The van der Waals surface area contributed by atoms with E-state index in [0.717, 1.165) is 28.0 Å². The summed E-state index contributed by atoms with van der Waals surface area (Å²) in [7, 11) is -1.08. The second kappa shape index (κ2) is 7.48. The lowest BCUT2D eigenvalue weighted by Crippen LogP contribution is -2.25. The Hall–Kier alpha value is -2.51. The van der Waals surface area contributed by atoms with E-state index in [0.29, 0.717) is 19.5 Å². The third-order valence-electron chi connectivity index (χ3n) is 5.33. The highest BCUT2D eigenvalue weighted by atomic mass is 32.2. The largest absolute Gasteiger partial charge is 0.294 e. The highest BCUT2D eigenvalue weighted by Gasteiger charge is 2.28. The molecule has 7 heteroatoms. The van der Waals surface area contributed by atoms with Crippen LogP contribution in [0.5, 0.6) is 0 Å². The summed E-state index contributed by atoms with van der Waals surface area (Å²) in [5, 5.41) is 0. The molecule has 0 N–H and O–H groups in total. The third kappa shape index (κ3) is 3.72. The van der Waals surface area contributed by atoms with Crippen LogP contribution >= 0.6 is 0 Å². The summed E-state index contributed by atoms with van der Waals surface area (Å²) >= 11 is 0. The number of hydrogen-bond donors (Lipinski definition) is 0. The highest BCUT2D eigenvalue weighted by Crippen LogP contribution is 2.27. The number of hydrogen-bond acceptors (Lipinski definition) is 5. The zero-order valence-corrected chi connectivity index (χ0v) is 16.9. The van der Waals surface area contributed by atoms with Gasteiger partial charge in [-0.2, -0.15) is 0 Å². The van der Waals surface area contributed by atoms with Gasteiger partial charge in [0.1, 0.15) is 0 Å². The molecule has 28 heavy (non-hydrogen) atoms. The fraction of sp³-hybridized carbons (Fsp3) is 0.333. The van der Waals surface area contributed by atoms with E-state index in [1.807, 2.05) is 54.7 Å². The fourth-order valence-electron chi connectivity index (χ4n) is 3.57. The van der Waals surface area contributed by atoms with E-state index < -0.39 is 10.0 Å². The van der Waals surface area contributed by atoms with Crippen molar-refractivity contribution in [2.45, 2.75) is 25.9 Å². The molecule has 146 valence electrons. The van der Waals surface area contributed by atoms with E-state index in [1.54, 1.807) is 0 Å². The van der Waals surface area contributed by atoms with Crippen LogP contribution in [0.1, 0.15) is 30.6 Å². The van der Waals surface area contributed by atoms with Crippen molar-refractivity contribution in [1.29, 1.82) is 0 Å². The second-order valence-corrected chi connectivity index (χ2v) is 9.29. The molecule has 1 aliphatic rings. The molecule has 4 rings (SSSR count). The molecule has 1 aromatic heterocycles. The number of benzene rings is 2. The van der Waals surface area contributed by atoms with Gasteiger partial charge in [-0.3, -0.25) is 14.2 Å². The van der Waals surface area contributed by atoms with Gasteiger partial charge in [-0.25, -0.2) is 13.4 Å². The molecule has 6 nitrogen and oxygen atoms in total. The smallest absolute Gasteiger partial charge is 0.235 e. The Kier molecular flexibility index (Phi) is 5.03. The molecule has 1 atom stereocenters. The van der Waals surface area contributed by atoms with Gasteiger partial charge < -0.3 is 0 Å². The van der Waals surface area contributed by atoms with E-state index in [-0.39, 0.29) is 11.8 Å². The van der Waals surface area contributed by atoms with Crippen LogP contribution < -0.4 is 4.31 Å². The Morgan fingerprint density at radius 3 is 2.50 bits per heavy atom. The molecule has 0 aliphatic carbocycles. The first kappa shape index (κ1) is 18.8. The Morgan fingerprint density at radius 2 is 1.82 bits per heavy atom. The average Bonchev–Trinajstić information content (AvgIpc) is 3.06. The van der Waals surface area contributed by atoms with E-state index in [4.69, 9.17) is 4.98 Å². The van der Waals surface area contributed by atoms with Gasteiger partial charge in [0.2, 0.25) is 10.0 Å². The van der Waals surface area contributed by atoms with Crippen LogP contribution in [0.15, 0.2) is 54.7 Å². The highest BCUT2D eigenvalue weighted by molar-refractivity contribution is 7.93. The molecule has 3 aromatic rings. The van der Waals surface area contributed by atoms with Gasteiger partial charge in [-0.15, -0.1) is 0 Å². The van der Waals surface area contributed by atoms with Crippen molar-refractivity contribution in [2.75, 3.05) is 23.7 Å². The Labute approximate surface area is 165 Å². The Balaban J connectivity index is 1.47. The first-order valence-corrected chi connectivity index (χ1v) is 11.1. The van der Waals surface area contributed by atoms with Crippen molar-refractivity contribution in [1.82, 2.24) is 14.9 Å². The summed E-state index contributed by atoms with van der Waals surface area (Å²) in [6, 6.07) is 15.8. The van der Waals surface area contributed by atoms with Crippen molar-refractivity contribution >= 4 is 26.7 Å². The van der Waals surface area contributed by atoms with E-state index in [2.05, 4.69) is 23.9 Å². The van der Waals surface area contributed by atoms with Crippen molar-refractivity contribution in [2.24, 2.45) is 0 Å². The maximum atomic E-state index is 12.1. The van der Waals surface area contributed by atoms with Gasteiger partial charge in [-0.05, 0) is 50.2 Å². The number of aromatic nitrogens is 2.